The predicted octanol–water partition coefficient (Wildman–Crippen LogP) is 2.29. The topological polar surface area (TPSA) is 88.1 Å². The average molecular weight is 367 g/mol. The predicted molar refractivity (Wildman–Crippen MR) is 98.5 cm³/mol. The molecule has 1 amide bonds. The van der Waals surface area contributed by atoms with Crippen LogP contribution in [0, 0.1) is 0 Å². The number of amides is 1. The van der Waals surface area contributed by atoms with Crippen LogP contribution in [0.2, 0.25) is 0 Å². The third kappa shape index (κ3) is 5.74. The Morgan fingerprint density at radius 3 is 2.56 bits per heavy atom. The number of hydrogen-bond acceptors (Lipinski definition) is 5. The summed E-state index contributed by atoms with van der Waals surface area (Å²) < 4.78 is 30.9. The average Bonchev–Trinajstić information content (AvgIpc) is 2.59. The van der Waals surface area contributed by atoms with E-state index in [1.165, 1.54) is 6.42 Å². The fraction of sp³-hybridized carbons (Fsp3) is 0.529. The van der Waals surface area contributed by atoms with Crippen molar-refractivity contribution in [3.05, 3.63) is 24.3 Å². The lowest BCUT2D eigenvalue weighted by molar-refractivity contribution is -0.119. The second kappa shape index (κ2) is 8.84. The molecule has 0 saturated heterocycles. The van der Waals surface area contributed by atoms with E-state index in [-0.39, 0.29) is 6.54 Å². The highest BCUT2D eigenvalue weighted by Gasteiger charge is 2.23. The maximum Gasteiger partial charge on any atom is 0.260 e. The van der Waals surface area contributed by atoms with E-state index in [0.717, 1.165) is 42.0 Å². The van der Waals surface area contributed by atoms with Gasteiger partial charge in [-0.15, -0.1) is 0 Å². The molecule has 0 aromatic heterocycles. The van der Waals surface area contributed by atoms with Gasteiger partial charge in [-0.25, -0.2) is 13.8 Å². The number of nitrogens with one attached hydrogen (secondary N) is 1. The van der Waals surface area contributed by atoms with E-state index in [0.29, 0.717) is 18.0 Å². The van der Waals surface area contributed by atoms with Crippen LogP contribution in [0.15, 0.2) is 29.4 Å². The summed E-state index contributed by atoms with van der Waals surface area (Å²) in [5.41, 5.74) is 3.78. The van der Waals surface area contributed by atoms with Crippen LogP contribution < -0.4 is 14.5 Å². The van der Waals surface area contributed by atoms with Gasteiger partial charge in [-0.1, -0.05) is 18.6 Å². The first-order valence-electron chi connectivity index (χ1n) is 8.45. The lowest BCUT2D eigenvalue weighted by Gasteiger charge is -2.23. The molecule has 1 saturated carbocycles. The van der Waals surface area contributed by atoms with Crippen LogP contribution >= 0.6 is 0 Å². The molecule has 0 spiro atoms. The number of hydrazone groups is 1. The summed E-state index contributed by atoms with van der Waals surface area (Å²) in [6.07, 6.45) is 6.16. The number of rotatable bonds is 7. The van der Waals surface area contributed by atoms with Crippen molar-refractivity contribution in [3.8, 4) is 5.75 Å². The van der Waals surface area contributed by atoms with E-state index in [4.69, 9.17) is 4.74 Å². The lowest BCUT2D eigenvalue weighted by atomic mass is 9.99. The third-order valence-corrected chi connectivity index (χ3v) is 5.02. The van der Waals surface area contributed by atoms with Crippen molar-refractivity contribution in [3.63, 3.8) is 0 Å². The van der Waals surface area contributed by atoms with Crippen molar-refractivity contribution < 1.29 is 17.9 Å². The molecule has 0 aliphatic heterocycles. The molecule has 1 aromatic rings. The third-order valence-electron chi connectivity index (χ3n) is 3.89. The summed E-state index contributed by atoms with van der Waals surface area (Å²) in [4.78, 5) is 12.2. The van der Waals surface area contributed by atoms with E-state index in [1.54, 1.807) is 24.3 Å². The van der Waals surface area contributed by atoms with Crippen molar-refractivity contribution in [2.24, 2.45) is 5.10 Å². The first-order valence-corrected chi connectivity index (χ1v) is 10.3. The maximum atomic E-state index is 12.2. The van der Waals surface area contributed by atoms with E-state index in [1.807, 2.05) is 6.92 Å². The van der Waals surface area contributed by atoms with Crippen LogP contribution in [0.1, 0.15) is 39.0 Å². The van der Waals surface area contributed by atoms with Gasteiger partial charge in [0.25, 0.3) is 5.91 Å². The number of anilines is 1. The van der Waals surface area contributed by atoms with Gasteiger partial charge in [0.15, 0.2) is 0 Å². The SMILES string of the molecule is CCOc1ccccc1N(CC(=O)NN=C1CCCCC1)S(C)(=O)=O. The Balaban J connectivity index is 2.15. The molecule has 0 heterocycles. The minimum absolute atomic E-state index is 0.340. The second-order valence-corrected chi connectivity index (χ2v) is 7.85. The molecule has 1 fully saturated rings. The Hall–Kier alpha value is -2.09. The summed E-state index contributed by atoms with van der Waals surface area (Å²) >= 11 is 0. The summed E-state index contributed by atoms with van der Waals surface area (Å²) in [5, 5.41) is 4.14. The Kier molecular flexibility index (Phi) is 6.81. The number of carbonyl (C=O) groups excluding carboxylic acids is 1. The first-order chi connectivity index (χ1) is 11.9. The summed E-state index contributed by atoms with van der Waals surface area (Å²) in [6, 6.07) is 6.75. The molecule has 0 unspecified atom stereocenters. The van der Waals surface area contributed by atoms with Crippen molar-refractivity contribution in [2.75, 3.05) is 23.7 Å². The number of nitrogens with zero attached hydrogens (tertiary/aromatic N) is 2. The molecular formula is C17H25N3O4S. The Morgan fingerprint density at radius 2 is 1.92 bits per heavy atom. The van der Waals surface area contributed by atoms with Crippen molar-refractivity contribution in [1.82, 2.24) is 5.43 Å². The molecule has 0 atom stereocenters. The zero-order chi connectivity index (χ0) is 18.3. The molecule has 25 heavy (non-hydrogen) atoms. The number of benzene rings is 1. The summed E-state index contributed by atoms with van der Waals surface area (Å²) in [6.45, 7) is 1.86. The fourth-order valence-corrected chi connectivity index (χ4v) is 3.56. The minimum atomic E-state index is -3.65. The number of hydrogen-bond donors (Lipinski definition) is 1. The zero-order valence-electron chi connectivity index (χ0n) is 14.7. The molecular weight excluding hydrogens is 342 g/mol. The van der Waals surface area contributed by atoms with Gasteiger partial charge in [-0.2, -0.15) is 5.10 Å². The Labute approximate surface area is 149 Å². The largest absolute Gasteiger partial charge is 0.492 e. The highest BCUT2D eigenvalue weighted by molar-refractivity contribution is 7.92. The van der Waals surface area contributed by atoms with E-state index < -0.39 is 15.9 Å². The van der Waals surface area contributed by atoms with Crippen LogP contribution in [0.25, 0.3) is 0 Å². The van der Waals surface area contributed by atoms with Gasteiger partial charge in [0, 0.05) is 5.71 Å². The molecule has 8 heteroatoms. The van der Waals surface area contributed by atoms with Crippen LogP contribution in [-0.4, -0.2) is 39.4 Å². The van der Waals surface area contributed by atoms with Crippen LogP contribution in [-0.2, 0) is 14.8 Å². The Bertz CT molecular complexity index is 723. The number of ether oxygens (including phenoxy) is 1. The molecule has 1 N–H and O–H groups in total. The lowest BCUT2D eigenvalue weighted by Crippen LogP contribution is -2.39. The highest BCUT2D eigenvalue weighted by atomic mass is 32.2. The molecule has 138 valence electrons. The smallest absolute Gasteiger partial charge is 0.260 e. The molecule has 2 rings (SSSR count). The molecule has 7 nitrogen and oxygen atoms in total. The molecule has 1 aliphatic carbocycles. The van der Waals surface area contributed by atoms with Gasteiger partial charge in [-0.05, 0) is 44.7 Å². The minimum Gasteiger partial charge on any atom is -0.492 e. The normalized spacial score (nSPS) is 14.7. The fourth-order valence-electron chi connectivity index (χ4n) is 2.70. The van der Waals surface area contributed by atoms with Crippen LogP contribution in [0.3, 0.4) is 0 Å². The summed E-state index contributed by atoms with van der Waals surface area (Å²) in [5.74, 6) is -0.0587. The van der Waals surface area contributed by atoms with E-state index in [2.05, 4.69) is 10.5 Å². The van der Waals surface area contributed by atoms with Crippen LogP contribution in [0.4, 0.5) is 5.69 Å². The van der Waals surface area contributed by atoms with Crippen molar-refractivity contribution >= 4 is 27.3 Å². The van der Waals surface area contributed by atoms with Gasteiger partial charge >= 0.3 is 0 Å². The van der Waals surface area contributed by atoms with E-state index >= 15 is 0 Å². The van der Waals surface area contributed by atoms with Gasteiger partial charge in [0.2, 0.25) is 10.0 Å². The standard InChI is InChI=1S/C17H25N3O4S/c1-3-24-16-12-8-7-11-15(16)20(25(2,22)23)13-17(21)19-18-14-9-5-4-6-10-14/h7-8,11-12H,3-6,9-10,13H2,1-2H3,(H,19,21). The second-order valence-electron chi connectivity index (χ2n) is 5.94. The molecule has 1 aromatic carbocycles. The Morgan fingerprint density at radius 1 is 1.24 bits per heavy atom. The van der Waals surface area contributed by atoms with Gasteiger partial charge in [0.1, 0.15) is 12.3 Å². The highest BCUT2D eigenvalue weighted by Crippen LogP contribution is 2.29. The quantitative estimate of drug-likeness (QED) is 0.749. The first kappa shape index (κ1) is 19.2. The monoisotopic (exact) mass is 367 g/mol. The number of carbonyl (C=O) groups is 1. The van der Waals surface area contributed by atoms with Gasteiger partial charge in [0.05, 0.1) is 18.6 Å². The van der Waals surface area contributed by atoms with Gasteiger partial charge < -0.3 is 4.74 Å². The molecule has 0 bridgehead atoms. The molecule has 1 aliphatic rings. The molecule has 0 radical (unpaired) electrons. The number of para-hydroxylation sites is 2. The van der Waals surface area contributed by atoms with Crippen molar-refractivity contribution in [1.29, 1.82) is 0 Å². The van der Waals surface area contributed by atoms with Crippen molar-refractivity contribution in [2.45, 2.75) is 39.0 Å². The van der Waals surface area contributed by atoms with E-state index in [9.17, 15) is 13.2 Å². The zero-order valence-corrected chi connectivity index (χ0v) is 15.5. The van der Waals surface area contributed by atoms with Gasteiger partial charge in [-0.3, -0.25) is 9.10 Å². The summed E-state index contributed by atoms with van der Waals surface area (Å²) in [7, 11) is -3.65. The number of sulfonamides is 1. The van der Waals surface area contributed by atoms with Crippen LogP contribution in [0.5, 0.6) is 5.75 Å². The maximum absolute atomic E-state index is 12.2.